The molecule has 0 spiro atoms. The molecule has 0 radical (unpaired) electrons. The molecule has 19 rings (SSSR count). The van der Waals surface area contributed by atoms with Crippen molar-refractivity contribution in [2.45, 2.75) is 212 Å². The van der Waals surface area contributed by atoms with Gasteiger partial charge in [-0.2, -0.15) is 15.3 Å². The van der Waals surface area contributed by atoms with Gasteiger partial charge in [-0.25, -0.2) is 14.0 Å². The van der Waals surface area contributed by atoms with E-state index in [9.17, 15) is 24.0 Å². The van der Waals surface area contributed by atoms with Gasteiger partial charge in [0.1, 0.15) is 17.2 Å². The summed E-state index contributed by atoms with van der Waals surface area (Å²) in [6.07, 6.45) is 22.2. The van der Waals surface area contributed by atoms with Crippen molar-refractivity contribution in [2.24, 2.45) is 58.7 Å². The average Bonchev–Trinajstić information content (AvgIpc) is 1.62. The van der Waals surface area contributed by atoms with Crippen molar-refractivity contribution in [1.29, 1.82) is 0 Å². The molecule has 19 nitrogen and oxygen atoms in total. The lowest BCUT2D eigenvalue weighted by Gasteiger charge is -2.49. The Bertz CT molecular complexity index is 4890. The molecule has 16 atom stereocenters. The molecule has 12 unspecified atom stereocenters. The van der Waals surface area contributed by atoms with E-state index in [0.29, 0.717) is 42.3 Å². The number of amides is 3. The zero-order chi connectivity index (χ0) is 80.9. The van der Waals surface area contributed by atoms with Crippen LogP contribution in [0.5, 0.6) is 17.2 Å². The predicted octanol–water partition coefficient (Wildman–Crippen LogP) is 17.7. The van der Waals surface area contributed by atoms with Gasteiger partial charge in [0, 0.05) is 51.5 Å². The second-order valence-corrected chi connectivity index (χ2v) is 35.6. The Labute approximate surface area is 688 Å². The summed E-state index contributed by atoms with van der Waals surface area (Å²) in [5, 5.41) is 25.6. The van der Waals surface area contributed by atoms with Gasteiger partial charge >= 0.3 is 11.9 Å². The number of esters is 2. The van der Waals surface area contributed by atoms with Crippen molar-refractivity contribution in [3.05, 3.63) is 196 Å². The van der Waals surface area contributed by atoms with Gasteiger partial charge in [-0.3, -0.25) is 24.0 Å². The van der Waals surface area contributed by atoms with Crippen LogP contribution in [0.2, 0.25) is 0 Å². The molecule has 7 saturated carbocycles. The van der Waals surface area contributed by atoms with E-state index in [1.54, 1.807) is 21.3 Å². The topological polar surface area (TPSA) is 221 Å². The molecule has 7 bridgehead atoms. The van der Waals surface area contributed by atoms with Gasteiger partial charge in [-0.05, 0) is 296 Å². The minimum absolute atomic E-state index is 0.0161. The van der Waals surface area contributed by atoms with Gasteiger partial charge in [0.15, 0.2) is 0 Å². The van der Waals surface area contributed by atoms with Crippen molar-refractivity contribution in [1.82, 2.24) is 45.3 Å². The van der Waals surface area contributed by atoms with Crippen LogP contribution >= 0.6 is 0 Å². The van der Waals surface area contributed by atoms with E-state index in [-0.39, 0.29) is 77.4 Å². The molecule has 19 heteroatoms. The Balaban J connectivity index is 0.000000126. The fourth-order valence-corrected chi connectivity index (χ4v) is 23.0. The summed E-state index contributed by atoms with van der Waals surface area (Å²) in [6, 6.07) is 49.4. The highest BCUT2D eigenvalue weighted by atomic mass is 16.5. The molecule has 117 heavy (non-hydrogen) atoms. The number of benzene rings is 6. The number of methoxy groups -OCH3 is 3. The second-order valence-electron chi connectivity index (χ2n) is 35.6. The number of carbonyl (C=O) groups excluding carboxylic acids is 5. The van der Waals surface area contributed by atoms with Crippen LogP contribution in [0.15, 0.2) is 146 Å². The summed E-state index contributed by atoms with van der Waals surface area (Å²) in [5.74, 6) is 4.87. The lowest BCUT2D eigenvalue weighted by atomic mass is 9.59. The van der Waals surface area contributed by atoms with Gasteiger partial charge in [0.2, 0.25) is 17.7 Å². The maximum Gasteiger partial charge on any atom is 0.311 e. The van der Waals surface area contributed by atoms with Gasteiger partial charge < -0.3 is 39.6 Å². The zero-order valence-electron chi connectivity index (χ0n) is 69.5. The van der Waals surface area contributed by atoms with Gasteiger partial charge in [-0.1, -0.05) is 89.5 Å². The molecule has 612 valence electrons. The fraction of sp³-hybridized carbons (Fsp3) is 0.490. The zero-order valence-corrected chi connectivity index (χ0v) is 69.5. The van der Waals surface area contributed by atoms with E-state index >= 15 is 0 Å². The Kier molecular flexibility index (Phi) is 22.7. The van der Waals surface area contributed by atoms with Crippen molar-refractivity contribution >= 4 is 29.7 Å². The predicted molar refractivity (Wildman–Crippen MR) is 452 cm³/mol. The number of hydrogen-bond acceptors (Lipinski definition) is 13. The van der Waals surface area contributed by atoms with Crippen LogP contribution in [-0.2, 0) is 52.7 Å². The second kappa shape index (κ2) is 33.6. The highest BCUT2D eigenvalue weighted by molar-refractivity contribution is 5.89. The highest BCUT2D eigenvalue weighted by Gasteiger charge is 2.56. The molecule has 3 N–H and O–H groups in total. The minimum Gasteiger partial charge on any atom is -0.497 e. The molecular weight excluding hydrogens is 1460 g/mol. The maximum absolute atomic E-state index is 14.0. The Morgan fingerprint density at radius 3 is 1.13 bits per heavy atom. The number of fused-ring (bicyclic) bond motifs is 9. The van der Waals surface area contributed by atoms with Crippen LogP contribution in [0.4, 0.5) is 0 Å². The SMILES string of the molecule is CCOC(=O)[C@H]1C2CCC(C2)[C@@H]1NC(=O)C1CCCc2c1nn(-c1ccc(OC)cc1)c2-c1ccc(C)cc1.CCOC(=O)[C@H]1C2CCC(C2)[C@H]1NC(=O)C1CCCc2c1nn(-c1ccc(OC)cc1)c2-c1ccc(C)cc1.COc1ccc(-n2nc3c(c2-c2ccc(C)cc2)CCCC3C(=O)NC(C)C23CCC4CC(CC4C2)C3)cc1. The van der Waals surface area contributed by atoms with Crippen molar-refractivity contribution < 1.29 is 47.7 Å². The van der Waals surface area contributed by atoms with Crippen LogP contribution in [0.25, 0.3) is 50.8 Å². The summed E-state index contributed by atoms with van der Waals surface area (Å²) in [6.45, 7) is 13.0. The van der Waals surface area contributed by atoms with Crippen molar-refractivity contribution in [3.8, 4) is 68.1 Å². The molecule has 0 aliphatic heterocycles. The lowest BCUT2D eigenvalue weighted by molar-refractivity contribution is -0.152. The number of hydrogen-bond donors (Lipinski definition) is 3. The number of nitrogens with zero attached hydrogens (tertiary/aromatic N) is 6. The number of aromatic nitrogens is 6. The molecule has 10 aliphatic carbocycles. The number of aryl methyl sites for hydroxylation is 3. The largest absolute Gasteiger partial charge is 0.497 e. The summed E-state index contributed by atoms with van der Waals surface area (Å²) < 4.78 is 33.0. The van der Waals surface area contributed by atoms with Gasteiger partial charge in [0.05, 0.1) is 115 Å². The molecular formula is C98H115N9O10. The number of ether oxygens (including phenoxy) is 5. The van der Waals surface area contributed by atoms with Crippen molar-refractivity contribution in [3.63, 3.8) is 0 Å². The molecule has 9 aromatic rings. The first-order chi connectivity index (χ1) is 56.9. The smallest absolute Gasteiger partial charge is 0.311 e. The lowest BCUT2D eigenvalue weighted by Crippen LogP contribution is -2.51. The molecule has 10 aliphatic rings. The highest BCUT2D eigenvalue weighted by Crippen LogP contribution is 2.62. The first-order valence-electron chi connectivity index (χ1n) is 43.6. The summed E-state index contributed by atoms with van der Waals surface area (Å²) in [4.78, 5) is 67.5. The molecule has 3 aromatic heterocycles. The van der Waals surface area contributed by atoms with Gasteiger partial charge in [0.25, 0.3) is 0 Å². The van der Waals surface area contributed by atoms with E-state index in [1.807, 2.05) is 83.9 Å². The minimum atomic E-state index is -0.348. The number of rotatable bonds is 20. The van der Waals surface area contributed by atoms with E-state index < -0.39 is 0 Å². The van der Waals surface area contributed by atoms with E-state index in [2.05, 4.69) is 133 Å². The normalized spacial score (nSPS) is 26.7. The third-order valence-corrected chi connectivity index (χ3v) is 28.8. The Hall–Kier alpha value is -10.3. The Morgan fingerprint density at radius 2 is 0.769 bits per heavy atom. The first kappa shape index (κ1) is 79.2. The first-order valence-corrected chi connectivity index (χ1v) is 43.6. The summed E-state index contributed by atoms with van der Waals surface area (Å²) >= 11 is 0. The quantitative estimate of drug-likeness (QED) is 0.0605. The third kappa shape index (κ3) is 15.4. The monoisotopic (exact) mass is 1580 g/mol. The maximum atomic E-state index is 14.0. The van der Waals surface area contributed by atoms with E-state index in [1.165, 1.54) is 60.8 Å². The number of nitrogens with one attached hydrogen (secondary N) is 3. The summed E-state index contributed by atoms with van der Waals surface area (Å²) in [7, 11) is 5.00. The van der Waals surface area contributed by atoms with Crippen molar-refractivity contribution in [2.75, 3.05) is 34.5 Å². The molecule has 7 fully saturated rings. The molecule has 6 aromatic carbocycles. The summed E-state index contributed by atoms with van der Waals surface area (Å²) in [5.41, 5.74) is 19.4. The Morgan fingerprint density at radius 1 is 0.419 bits per heavy atom. The van der Waals surface area contributed by atoms with Crippen LogP contribution < -0.4 is 30.2 Å². The van der Waals surface area contributed by atoms with Gasteiger partial charge in [-0.15, -0.1) is 0 Å². The fourth-order valence-electron chi connectivity index (χ4n) is 23.0. The standard InChI is InChI=1S/C34H41N3O2.2C32H37N3O4/c1-21-7-9-24(10-8-21)32-29-5-4-6-30(31(29)36-37(32)27-11-13-28(39-3)14-12-27)33(38)35-22(2)34-16-15-25-17-23(19-34)18-26(25)20-34;2*1-4-39-32(37)27-21-12-13-22(18-21)28(27)33-31(36)26-7-5-6-25-29(26)34-35(23-14-16-24(38-3)17-15-23)30(25)20-10-8-19(2)9-11-20/h7-14,22-23,25-26,30H,4-6,15-20H2,1-3H3,(H,35,38);2*8-11,14-17,21-22,26-28H,4-7,12-13,18H2,1-3H3,(H,33,36)/t;21?,22?,26?,27-,28+;21?,22?,26?,27-,28-/m.00/s1. The molecule has 3 amide bonds. The van der Waals surface area contributed by atoms with Crippen LogP contribution in [0.3, 0.4) is 0 Å². The van der Waals surface area contributed by atoms with Crippen LogP contribution in [0.1, 0.15) is 205 Å². The van der Waals surface area contributed by atoms with Crippen LogP contribution in [-0.4, -0.2) is 112 Å². The molecule has 0 saturated heterocycles. The average molecular weight is 1580 g/mol. The van der Waals surface area contributed by atoms with Crippen LogP contribution in [0, 0.1) is 79.4 Å². The van der Waals surface area contributed by atoms with E-state index in [0.717, 1.165) is 210 Å². The third-order valence-electron chi connectivity index (χ3n) is 28.8. The van der Waals surface area contributed by atoms with E-state index in [4.69, 9.17) is 39.0 Å². The molecule has 3 heterocycles. The number of carbonyl (C=O) groups is 5.